The molecule has 0 saturated carbocycles. The second-order valence-electron chi connectivity index (χ2n) is 4.19. The summed E-state index contributed by atoms with van der Waals surface area (Å²) in [6.45, 7) is 3.14. The summed E-state index contributed by atoms with van der Waals surface area (Å²) in [4.78, 5) is 15.5. The predicted octanol–water partition coefficient (Wildman–Crippen LogP) is 3.04. The summed E-state index contributed by atoms with van der Waals surface area (Å²) in [5.74, 6) is 0.889. The van der Waals surface area contributed by atoms with Crippen molar-refractivity contribution >= 4 is 22.5 Å². The summed E-state index contributed by atoms with van der Waals surface area (Å²) in [6, 6.07) is 7.64. The molecule has 6 heteroatoms. The van der Waals surface area contributed by atoms with Gasteiger partial charge in [-0.2, -0.15) is 0 Å². The lowest BCUT2D eigenvalue weighted by Crippen LogP contribution is -2.30. The molecule has 0 unspecified atom stereocenters. The average Bonchev–Trinajstić information content (AvgIpc) is 2.93. The van der Waals surface area contributed by atoms with Gasteiger partial charge in [-0.3, -0.25) is 5.32 Å². The quantitative estimate of drug-likeness (QED) is 0.804. The molecule has 0 aliphatic carbocycles. The van der Waals surface area contributed by atoms with E-state index in [0.717, 1.165) is 17.7 Å². The molecular formula is C14H17N3O2S. The summed E-state index contributed by atoms with van der Waals surface area (Å²) in [6.07, 6.45) is 2.40. The van der Waals surface area contributed by atoms with E-state index < -0.39 is 0 Å². The van der Waals surface area contributed by atoms with Crippen molar-refractivity contribution in [1.82, 2.24) is 10.3 Å². The lowest BCUT2D eigenvalue weighted by molar-refractivity contribution is 0.250. The third-order valence-corrected chi connectivity index (χ3v) is 3.30. The zero-order chi connectivity index (χ0) is 14.2. The van der Waals surface area contributed by atoms with Crippen molar-refractivity contribution in [3.8, 4) is 5.75 Å². The topological polar surface area (TPSA) is 63.2 Å². The van der Waals surface area contributed by atoms with Crippen LogP contribution in [0.5, 0.6) is 5.75 Å². The molecule has 0 saturated heterocycles. The van der Waals surface area contributed by atoms with Gasteiger partial charge in [-0.15, -0.1) is 11.3 Å². The third-order valence-electron chi connectivity index (χ3n) is 2.61. The monoisotopic (exact) mass is 291 g/mol. The van der Waals surface area contributed by atoms with Crippen molar-refractivity contribution in [2.24, 2.45) is 0 Å². The molecule has 5 nitrogen and oxygen atoms in total. The number of benzene rings is 1. The van der Waals surface area contributed by atoms with Crippen LogP contribution in [0.3, 0.4) is 0 Å². The van der Waals surface area contributed by atoms with Gasteiger partial charge < -0.3 is 10.1 Å². The van der Waals surface area contributed by atoms with Crippen LogP contribution in [0.15, 0.2) is 35.8 Å². The fraction of sp³-hybridized carbons (Fsp3) is 0.286. The van der Waals surface area contributed by atoms with E-state index in [1.54, 1.807) is 6.20 Å². The van der Waals surface area contributed by atoms with Gasteiger partial charge in [-0.05, 0) is 25.0 Å². The predicted molar refractivity (Wildman–Crippen MR) is 80.4 cm³/mol. The Kier molecular flexibility index (Phi) is 5.37. The molecule has 0 atom stereocenters. The summed E-state index contributed by atoms with van der Waals surface area (Å²) in [5.41, 5.74) is 1.11. The minimum Gasteiger partial charge on any atom is -0.493 e. The van der Waals surface area contributed by atoms with Crippen LogP contribution in [0.2, 0.25) is 0 Å². The number of para-hydroxylation sites is 1. The van der Waals surface area contributed by atoms with E-state index in [-0.39, 0.29) is 6.03 Å². The first-order valence-corrected chi connectivity index (χ1v) is 7.26. The first-order valence-electron chi connectivity index (χ1n) is 6.38. The number of nitrogens with zero attached hydrogens (tertiary/aromatic N) is 1. The molecule has 1 aromatic carbocycles. The Balaban J connectivity index is 1.60. The van der Waals surface area contributed by atoms with E-state index >= 15 is 0 Å². The van der Waals surface area contributed by atoms with Crippen molar-refractivity contribution < 1.29 is 9.53 Å². The Labute approximate surface area is 122 Å². The van der Waals surface area contributed by atoms with Gasteiger partial charge >= 0.3 is 6.03 Å². The zero-order valence-electron chi connectivity index (χ0n) is 11.3. The van der Waals surface area contributed by atoms with Crippen molar-refractivity contribution in [3.05, 3.63) is 41.4 Å². The van der Waals surface area contributed by atoms with E-state index in [9.17, 15) is 4.79 Å². The molecule has 20 heavy (non-hydrogen) atoms. The van der Waals surface area contributed by atoms with Gasteiger partial charge in [0.15, 0.2) is 5.13 Å². The fourth-order valence-corrected chi connectivity index (χ4v) is 2.13. The maximum atomic E-state index is 11.5. The molecular weight excluding hydrogens is 274 g/mol. The fourth-order valence-electron chi connectivity index (χ4n) is 1.60. The van der Waals surface area contributed by atoms with E-state index in [2.05, 4.69) is 15.6 Å². The Bertz CT molecular complexity index is 543. The minimum atomic E-state index is -0.240. The van der Waals surface area contributed by atoms with Gasteiger partial charge in [0.25, 0.3) is 0 Å². The second kappa shape index (κ2) is 7.49. The average molecular weight is 291 g/mol. The lowest BCUT2D eigenvalue weighted by atomic mass is 10.2. The molecule has 0 radical (unpaired) electrons. The first kappa shape index (κ1) is 14.3. The van der Waals surface area contributed by atoms with Crippen molar-refractivity contribution in [3.63, 3.8) is 0 Å². The SMILES string of the molecule is Cc1ccccc1OCCCNC(=O)Nc1nccs1. The third kappa shape index (κ3) is 4.55. The van der Waals surface area contributed by atoms with Gasteiger partial charge in [0.1, 0.15) is 5.75 Å². The molecule has 1 aromatic heterocycles. The van der Waals surface area contributed by atoms with Crippen LogP contribution in [0.25, 0.3) is 0 Å². The Morgan fingerprint density at radius 1 is 1.40 bits per heavy atom. The number of hydrogen-bond acceptors (Lipinski definition) is 4. The van der Waals surface area contributed by atoms with E-state index in [4.69, 9.17) is 4.74 Å². The zero-order valence-corrected chi connectivity index (χ0v) is 12.1. The molecule has 2 rings (SSSR count). The maximum Gasteiger partial charge on any atom is 0.321 e. The van der Waals surface area contributed by atoms with Crippen LogP contribution >= 0.6 is 11.3 Å². The highest BCUT2D eigenvalue weighted by atomic mass is 32.1. The summed E-state index contributed by atoms with van der Waals surface area (Å²) in [5, 5.41) is 7.82. The van der Waals surface area contributed by atoms with E-state index in [1.807, 2.05) is 36.6 Å². The molecule has 2 amide bonds. The van der Waals surface area contributed by atoms with Crippen molar-refractivity contribution in [2.75, 3.05) is 18.5 Å². The number of thiazole rings is 1. The highest BCUT2D eigenvalue weighted by Crippen LogP contribution is 2.16. The highest BCUT2D eigenvalue weighted by molar-refractivity contribution is 7.13. The minimum absolute atomic E-state index is 0.240. The normalized spacial score (nSPS) is 10.1. The molecule has 1 heterocycles. The number of amides is 2. The van der Waals surface area contributed by atoms with E-state index in [1.165, 1.54) is 11.3 Å². The van der Waals surface area contributed by atoms with E-state index in [0.29, 0.717) is 18.3 Å². The number of rotatable bonds is 6. The van der Waals surface area contributed by atoms with Crippen LogP contribution in [0, 0.1) is 6.92 Å². The van der Waals surface area contributed by atoms with Crippen molar-refractivity contribution in [1.29, 1.82) is 0 Å². The largest absolute Gasteiger partial charge is 0.493 e. The van der Waals surface area contributed by atoms with Crippen LogP contribution in [-0.2, 0) is 0 Å². The molecule has 0 spiro atoms. The highest BCUT2D eigenvalue weighted by Gasteiger charge is 2.02. The number of aromatic nitrogens is 1. The number of ether oxygens (including phenoxy) is 1. The number of aryl methyl sites for hydroxylation is 1. The standard InChI is InChI=1S/C14H17N3O2S/c1-11-5-2-3-6-12(11)19-9-4-7-15-13(18)17-14-16-8-10-20-14/h2-3,5-6,8,10H,4,7,9H2,1H3,(H2,15,16,17,18). The molecule has 0 aliphatic heterocycles. The molecule has 2 N–H and O–H groups in total. The number of carbonyl (C=O) groups is 1. The van der Waals surface area contributed by atoms with Crippen LogP contribution in [0.4, 0.5) is 9.93 Å². The van der Waals surface area contributed by atoms with Gasteiger partial charge in [0, 0.05) is 18.1 Å². The Hall–Kier alpha value is -2.08. The summed E-state index contributed by atoms with van der Waals surface area (Å²) in [7, 11) is 0. The molecule has 0 fully saturated rings. The molecule has 0 aliphatic rings. The number of carbonyl (C=O) groups excluding carboxylic acids is 1. The first-order chi connectivity index (χ1) is 9.75. The molecule has 0 bridgehead atoms. The van der Waals surface area contributed by atoms with Crippen LogP contribution in [0.1, 0.15) is 12.0 Å². The number of anilines is 1. The van der Waals surface area contributed by atoms with Crippen LogP contribution < -0.4 is 15.4 Å². The summed E-state index contributed by atoms with van der Waals surface area (Å²) < 4.78 is 5.64. The lowest BCUT2D eigenvalue weighted by Gasteiger charge is -2.09. The molecule has 106 valence electrons. The Morgan fingerprint density at radius 3 is 3.00 bits per heavy atom. The van der Waals surface area contributed by atoms with Gasteiger partial charge in [-0.1, -0.05) is 18.2 Å². The number of hydrogen-bond donors (Lipinski definition) is 2. The second-order valence-corrected chi connectivity index (χ2v) is 5.08. The number of urea groups is 1. The van der Waals surface area contributed by atoms with Crippen LogP contribution in [-0.4, -0.2) is 24.2 Å². The molecule has 2 aromatic rings. The summed E-state index contributed by atoms with van der Waals surface area (Å²) >= 11 is 1.39. The maximum absolute atomic E-state index is 11.5. The smallest absolute Gasteiger partial charge is 0.321 e. The number of nitrogens with one attached hydrogen (secondary N) is 2. The van der Waals surface area contributed by atoms with Crippen molar-refractivity contribution in [2.45, 2.75) is 13.3 Å². The van der Waals surface area contributed by atoms with Gasteiger partial charge in [-0.25, -0.2) is 9.78 Å². The van der Waals surface area contributed by atoms with Gasteiger partial charge in [0.2, 0.25) is 0 Å². The Morgan fingerprint density at radius 2 is 2.25 bits per heavy atom. The van der Waals surface area contributed by atoms with Gasteiger partial charge in [0.05, 0.1) is 6.61 Å².